The molecular formula is C44H26O2. The van der Waals surface area contributed by atoms with Crippen molar-refractivity contribution < 1.29 is 9.47 Å². The number of hydrogen-bond donors (Lipinski definition) is 0. The van der Waals surface area contributed by atoms with Crippen LogP contribution in [0.5, 0.6) is 23.0 Å². The summed E-state index contributed by atoms with van der Waals surface area (Å²) in [7, 11) is 0. The van der Waals surface area contributed by atoms with Gasteiger partial charge in [-0.2, -0.15) is 0 Å². The second kappa shape index (κ2) is 9.69. The van der Waals surface area contributed by atoms with Crippen LogP contribution in [0.2, 0.25) is 0 Å². The molecule has 0 aliphatic carbocycles. The van der Waals surface area contributed by atoms with Crippen molar-refractivity contribution >= 4 is 21.5 Å². The second-order valence-corrected chi connectivity index (χ2v) is 12.1. The van der Waals surface area contributed by atoms with E-state index in [1.54, 1.807) is 0 Å². The third kappa shape index (κ3) is 3.84. The molecule has 214 valence electrons. The Kier molecular flexibility index (Phi) is 5.31. The van der Waals surface area contributed by atoms with Crippen molar-refractivity contribution in [2.75, 3.05) is 0 Å². The van der Waals surface area contributed by atoms with Crippen molar-refractivity contribution in [1.82, 2.24) is 0 Å². The van der Waals surface area contributed by atoms with E-state index >= 15 is 0 Å². The summed E-state index contributed by atoms with van der Waals surface area (Å²) in [5, 5.41) is 4.71. The summed E-state index contributed by atoms with van der Waals surface area (Å²) in [5.41, 5.74) is 11.6. The van der Waals surface area contributed by atoms with Gasteiger partial charge >= 0.3 is 0 Å². The Morgan fingerprint density at radius 1 is 0.261 bits per heavy atom. The van der Waals surface area contributed by atoms with Crippen molar-refractivity contribution in [3.63, 3.8) is 0 Å². The third-order valence-corrected chi connectivity index (χ3v) is 9.42. The van der Waals surface area contributed by atoms with Crippen LogP contribution in [0.15, 0.2) is 158 Å². The Morgan fingerprint density at radius 3 is 1.22 bits per heavy atom. The molecule has 2 heteroatoms. The van der Waals surface area contributed by atoms with Crippen molar-refractivity contribution in [2.24, 2.45) is 0 Å². The summed E-state index contributed by atoms with van der Waals surface area (Å²) >= 11 is 0. The fourth-order valence-corrected chi connectivity index (χ4v) is 7.25. The molecule has 0 spiro atoms. The molecule has 0 atom stereocenters. The van der Waals surface area contributed by atoms with E-state index in [9.17, 15) is 0 Å². The van der Waals surface area contributed by atoms with Crippen molar-refractivity contribution in [3.8, 4) is 78.6 Å². The molecule has 0 N–H and O–H groups in total. The van der Waals surface area contributed by atoms with Gasteiger partial charge in [0.1, 0.15) is 23.0 Å². The highest BCUT2D eigenvalue weighted by Gasteiger charge is 2.22. The molecule has 0 unspecified atom stereocenters. The maximum absolute atomic E-state index is 6.42. The van der Waals surface area contributed by atoms with Crippen LogP contribution in [0.3, 0.4) is 0 Å². The zero-order valence-electron chi connectivity index (χ0n) is 24.8. The van der Waals surface area contributed by atoms with Gasteiger partial charge in [-0.3, -0.25) is 0 Å². The van der Waals surface area contributed by atoms with Gasteiger partial charge in [-0.25, -0.2) is 0 Å². The monoisotopic (exact) mass is 586 g/mol. The summed E-state index contributed by atoms with van der Waals surface area (Å²) < 4.78 is 12.8. The lowest BCUT2D eigenvalue weighted by atomic mass is 9.89. The molecule has 0 aromatic heterocycles. The molecule has 8 aromatic rings. The number of hydrogen-bond acceptors (Lipinski definition) is 2. The van der Waals surface area contributed by atoms with Gasteiger partial charge in [0.15, 0.2) is 0 Å². The summed E-state index contributed by atoms with van der Waals surface area (Å²) in [6.45, 7) is 0. The van der Waals surface area contributed by atoms with E-state index in [4.69, 9.17) is 9.47 Å². The first kappa shape index (κ1) is 25.2. The molecule has 8 aromatic carbocycles. The summed E-state index contributed by atoms with van der Waals surface area (Å²) in [5.74, 6) is 3.60. The summed E-state index contributed by atoms with van der Waals surface area (Å²) in [4.78, 5) is 0. The second-order valence-electron chi connectivity index (χ2n) is 12.1. The quantitative estimate of drug-likeness (QED) is 0.205. The molecule has 0 amide bonds. The lowest BCUT2D eigenvalue weighted by Crippen LogP contribution is -1.98. The molecule has 0 radical (unpaired) electrons. The highest BCUT2D eigenvalue weighted by Crippen LogP contribution is 2.49. The van der Waals surface area contributed by atoms with E-state index in [-0.39, 0.29) is 0 Å². The molecule has 0 saturated heterocycles. The molecule has 0 bridgehead atoms. The number of fused-ring (bicyclic) bond motifs is 4. The molecule has 10 rings (SSSR count). The van der Waals surface area contributed by atoms with Crippen LogP contribution in [0.1, 0.15) is 0 Å². The van der Waals surface area contributed by atoms with Crippen LogP contribution in [0.4, 0.5) is 0 Å². The zero-order chi connectivity index (χ0) is 30.2. The van der Waals surface area contributed by atoms with E-state index in [0.717, 1.165) is 56.4 Å². The van der Waals surface area contributed by atoms with Crippen LogP contribution in [0, 0.1) is 0 Å². The van der Waals surface area contributed by atoms with Crippen molar-refractivity contribution in [2.45, 2.75) is 0 Å². The largest absolute Gasteiger partial charge is 0.456 e. The predicted octanol–water partition coefficient (Wildman–Crippen LogP) is 12.5. The van der Waals surface area contributed by atoms with Gasteiger partial charge in [0, 0.05) is 21.9 Å². The minimum absolute atomic E-state index is 0.888. The molecule has 46 heavy (non-hydrogen) atoms. The summed E-state index contributed by atoms with van der Waals surface area (Å²) in [6, 6.07) is 56.2. The topological polar surface area (TPSA) is 18.5 Å². The standard InChI is InChI=1S/C44H26O2/c1-2-8-27(9-3-1)32-22-33(30-18-20-39-37(25-30)35-14-4-10-28-12-6-16-41(45-39)43(28)35)24-34(23-32)31-19-21-40-38(26-31)36-15-5-11-29-13-7-17-42(46-40)44(29)36/h1-26H. The Bertz CT molecular complexity index is 2360. The first-order valence-electron chi connectivity index (χ1n) is 15.7. The molecule has 2 heterocycles. The minimum atomic E-state index is 0.888. The van der Waals surface area contributed by atoms with Crippen molar-refractivity contribution in [1.29, 1.82) is 0 Å². The third-order valence-electron chi connectivity index (χ3n) is 9.42. The van der Waals surface area contributed by atoms with Gasteiger partial charge in [-0.05, 0) is 110 Å². The lowest BCUT2D eigenvalue weighted by Gasteiger charge is -2.22. The van der Waals surface area contributed by atoms with Gasteiger partial charge in [-0.1, -0.05) is 103 Å². The molecule has 2 aliphatic rings. The van der Waals surface area contributed by atoms with Crippen LogP contribution >= 0.6 is 0 Å². The van der Waals surface area contributed by atoms with E-state index in [1.165, 1.54) is 43.8 Å². The Labute approximate surface area is 266 Å². The van der Waals surface area contributed by atoms with Crippen molar-refractivity contribution in [3.05, 3.63) is 158 Å². The molecule has 0 saturated carbocycles. The van der Waals surface area contributed by atoms with Gasteiger partial charge in [0.25, 0.3) is 0 Å². The Balaban J connectivity index is 1.15. The Hall–Kier alpha value is -6.12. The van der Waals surface area contributed by atoms with Crippen LogP contribution in [-0.2, 0) is 0 Å². The maximum Gasteiger partial charge on any atom is 0.135 e. The van der Waals surface area contributed by atoms with Gasteiger partial charge in [0.05, 0.1) is 0 Å². The smallest absolute Gasteiger partial charge is 0.135 e. The highest BCUT2D eigenvalue weighted by atomic mass is 16.5. The number of rotatable bonds is 3. The molecular weight excluding hydrogens is 560 g/mol. The van der Waals surface area contributed by atoms with Gasteiger partial charge < -0.3 is 9.47 Å². The maximum atomic E-state index is 6.42. The average Bonchev–Trinajstić information content (AvgIpc) is 3.12. The van der Waals surface area contributed by atoms with E-state index in [2.05, 4.69) is 158 Å². The number of ether oxygens (including phenoxy) is 2. The van der Waals surface area contributed by atoms with Gasteiger partial charge in [0.2, 0.25) is 0 Å². The van der Waals surface area contributed by atoms with Gasteiger partial charge in [-0.15, -0.1) is 0 Å². The van der Waals surface area contributed by atoms with Crippen LogP contribution in [0.25, 0.3) is 77.2 Å². The first-order chi connectivity index (χ1) is 22.8. The average molecular weight is 587 g/mol. The molecule has 0 fully saturated rings. The Morgan fingerprint density at radius 2 is 0.717 bits per heavy atom. The highest BCUT2D eigenvalue weighted by molar-refractivity contribution is 6.06. The van der Waals surface area contributed by atoms with E-state index < -0.39 is 0 Å². The lowest BCUT2D eigenvalue weighted by molar-refractivity contribution is 0.487. The van der Waals surface area contributed by atoms with Crippen LogP contribution < -0.4 is 9.47 Å². The normalized spacial score (nSPS) is 12.3. The zero-order valence-corrected chi connectivity index (χ0v) is 24.8. The van der Waals surface area contributed by atoms with Crippen LogP contribution in [-0.4, -0.2) is 0 Å². The minimum Gasteiger partial charge on any atom is -0.456 e. The fraction of sp³-hybridized carbons (Fsp3) is 0. The van der Waals surface area contributed by atoms with E-state index in [0.29, 0.717) is 0 Å². The summed E-state index contributed by atoms with van der Waals surface area (Å²) in [6.07, 6.45) is 0. The predicted molar refractivity (Wildman–Crippen MR) is 189 cm³/mol. The molecule has 2 aliphatic heterocycles. The first-order valence-corrected chi connectivity index (χ1v) is 15.7. The number of benzene rings is 8. The SMILES string of the molecule is c1ccc(-c2cc(-c3ccc4c(c3)-c3cccc5cccc(c35)O4)cc(-c3ccc4c(c3)-c3cccc5cccc(c35)O4)c2)cc1. The molecule has 2 nitrogen and oxygen atoms in total. The fourth-order valence-electron chi connectivity index (χ4n) is 7.25. The van der Waals surface area contributed by atoms with E-state index in [1.807, 2.05) is 0 Å².